The van der Waals surface area contributed by atoms with Crippen LogP contribution in [0.25, 0.3) is 0 Å². The Hall–Kier alpha value is -0.880. The van der Waals surface area contributed by atoms with E-state index in [2.05, 4.69) is 21.2 Å². The van der Waals surface area contributed by atoms with Gasteiger partial charge in [-0.05, 0) is 11.4 Å². The monoisotopic (exact) mass is 263 g/mol. The summed E-state index contributed by atoms with van der Waals surface area (Å²) in [6.07, 6.45) is 0. The number of carbonyl (C=O) groups is 2. The number of hydrogen-bond acceptors (Lipinski definition) is 3. The van der Waals surface area contributed by atoms with Gasteiger partial charge in [0, 0.05) is 0 Å². The number of halogens is 1. The molecule has 0 radical (unpaired) electrons. The first kappa shape index (κ1) is 10.2. The number of nitrogens with one attached hydrogen (secondary N) is 1. The smallest absolute Gasteiger partial charge is 0.338 e. The van der Waals surface area contributed by atoms with E-state index in [-0.39, 0.29) is 16.8 Å². The average molecular weight is 264 g/mol. The zero-order chi connectivity index (χ0) is 9.84. The molecule has 1 heterocycles. The summed E-state index contributed by atoms with van der Waals surface area (Å²) in [5, 5.41) is 13.3. The summed E-state index contributed by atoms with van der Waals surface area (Å²) in [5.41, 5.74) is 0.124. The van der Waals surface area contributed by atoms with E-state index in [1.54, 1.807) is 5.38 Å². The molecule has 1 rings (SSSR count). The predicted octanol–water partition coefficient (Wildman–Crippen LogP) is 1.78. The molecule has 6 heteroatoms. The number of carboxylic acid groups (broad SMARTS) is 1. The Bertz CT molecular complexity index is 336. The fourth-order valence-electron chi connectivity index (χ4n) is 0.735. The van der Waals surface area contributed by atoms with Gasteiger partial charge < -0.3 is 10.4 Å². The summed E-state index contributed by atoms with van der Waals surface area (Å²) in [4.78, 5) is 21.5. The zero-order valence-electron chi connectivity index (χ0n) is 6.41. The Morgan fingerprint density at radius 2 is 2.31 bits per heavy atom. The van der Waals surface area contributed by atoms with Gasteiger partial charge in [-0.25, -0.2) is 4.79 Å². The van der Waals surface area contributed by atoms with Gasteiger partial charge in [0.1, 0.15) is 5.00 Å². The normalized spacial score (nSPS) is 9.62. The highest BCUT2D eigenvalue weighted by Crippen LogP contribution is 2.22. The molecule has 0 saturated heterocycles. The van der Waals surface area contributed by atoms with Crippen molar-refractivity contribution in [2.45, 2.75) is 0 Å². The minimum absolute atomic E-state index is 0.124. The van der Waals surface area contributed by atoms with Crippen LogP contribution < -0.4 is 5.32 Å². The number of thiophene rings is 1. The van der Waals surface area contributed by atoms with E-state index in [9.17, 15) is 9.59 Å². The fraction of sp³-hybridized carbons (Fsp3) is 0.143. The van der Waals surface area contributed by atoms with E-state index in [1.807, 2.05) is 0 Å². The largest absolute Gasteiger partial charge is 0.478 e. The minimum atomic E-state index is -1.04. The van der Waals surface area contributed by atoms with E-state index in [0.29, 0.717) is 5.00 Å². The second kappa shape index (κ2) is 4.38. The van der Waals surface area contributed by atoms with Gasteiger partial charge in [-0.15, -0.1) is 11.3 Å². The number of anilines is 1. The summed E-state index contributed by atoms with van der Waals surface area (Å²) in [7, 11) is 0. The SMILES string of the molecule is O=C(CBr)Nc1sccc1C(=O)O. The van der Waals surface area contributed by atoms with Gasteiger partial charge in [0.05, 0.1) is 10.9 Å². The quantitative estimate of drug-likeness (QED) is 0.818. The van der Waals surface area contributed by atoms with E-state index in [1.165, 1.54) is 17.4 Å². The Morgan fingerprint density at radius 3 is 2.85 bits per heavy atom. The van der Waals surface area contributed by atoms with E-state index < -0.39 is 5.97 Å². The van der Waals surface area contributed by atoms with Gasteiger partial charge in [-0.3, -0.25) is 4.79 Å². The average Bonchev–Trinajstić information content (AvgIpc) is 2.52. The maximum atomic E-state index is 10.9. The molecule has 0 saturated carbocycles. The lowest BCUT2D eigenvalue weighted by atomic mass is 10.3. The number of hydrogen-bond donors (Lipinski definition) is 2. The standard InChI is InChI=1S/C7H6BrNO3S/c8-3-5(10)9-6-4(7(11)12)1-2-13-6/h1-2H,3H2,(H,9,10)(H,11,12). The lowest BCUT2D eigenvalue weighted by molar-refractivity contribution is -0.113. The zero-order valence-corrected chi connectivity index (χ0v) is 8.81. The Labute approximate surface area is 86.7 Å². The maximum Gasteiger partial charge on any atom is 0.338 e. The van der Waals surface area contributed by atoms with Crippen LogP contribution in [0.5, 0.6) is 0 Å². The molecule has 1 aromatic heterocycles. The lowest BCUT2D eigenvalue weighted by Crippen LogP contribution is -2.13. The molecule has 70 valence electrons. The van der Waals surface area contributed by atoms with Crippen LogP contribution in [0.2, 0.25) is 0 Å². The van der Waals surface area contributed by atoms with Crippen LogP contribution in [0.4, 0.5) is 5.00 Å². The molecule has 1 aromatic rings. The number of aromatic carboxylic acids is 1. The van der Waals surface area contributed by atoms with Crippen molar-refractivity contribution in [2.24, 2.45) is 0 Å². The molecule has 2 N–H and O–H groups in total. The van der Waals surface area contributed by atoms with Crippen LogP contribution in [0.1, 0.15) is 10.4 Å². The fourth-order valence-corrected chi connectivity index (χ4v) is 1.67. The molecule has 0 aliphatic carbocycles. The third-order valence-corrected chi connectivity index (χ3v) is 2.61. The number of carboxylic acids is 1. The highest BCUT2D eigenvalue weighted by molar-refractivity contribution is 9.09. The van der Waals surface area contributed by atoms with Gasteiger partial charge in [-0.2, -0.15) is 0 Å². The molecule has 1 amide bonds. The van der Waals surface area contributed by atoms with Crippen molar-refractivity contribution < 1.29 is 14.7 Å². The lowest BCUT2D eigenvalue weighted by Gasteiger charge is -2.00. The first-order chi connectivity index (χ1) is 6.15. The molecule has 13 heavy (non-hydrogen) atoms. The van der Waals surface area contributed by atoms with Crippen LogP contribution in [-0.2, 0) is 4.79 Å². The third-order valence-electron chi connectivity index (χ3n) is 1.27. The van der Waals surface area contributed by atoms with Crippen LogP contribution in [0.3, 0.4) is 0 Å². The number of rotatable bonds is 3. The minimum Gasteiger partial charge on any atom is -0.478 e. The highest BCUT2D eigenvalue weighted by atomic mass is 79.9. The maximum absolute atomic E-state index is 10.9. The van der Waals surface area contributed by atoms with Crippen molar-refractivity contribution in [3.8, 4) is 0 Å². The number of alkyl halides is 1. The van der Waals surface area contributed by atoms with Crippen molar-refractivity contribution in [1.29, 1.82) is 0 Å². The molecular formula is C7H6BrNO3S. The predicted molar refractivity (Wildman–Crippen MR) is 53.7 cm³/mol. The second-order valence-corrected chi connectivity index (χ2v) is 3.63. The summed E-state index contributed by atoms with van der Waals surface area (Å²) in [6.45, 7) is 0. The summed E-state index contributed by atoms with van der Waals surface area (Å²) in [5.74, 6) is -1.30. The van der Waals surface area contributed by atoms with Gasteiger partial charge in [-0.1, -0.05) is 15.9 Å². The topological polar surface area (TPSA) is 66.4 Å². The molecule has 0 fully saturated rings. The van der Waals surface area contributed by atoms with Crippen molar-refractivity contribution in [3.63, 3.8) is 0 Å². The van der Waals surface area contributed by atoms with Gasteiger partial charge in [0.2, 0.25) is 5.91 Å². The van der Waals surface area contributed by atoms with E-state index in [0.717, 1.165) is 0 Å². The first-order valence-electron chi connectivity index (χ1n) is 3.31. The first-order valence-corrected chi connectivity index (χ1v) is 5.32. The molecule has 0 bridgehead atoms. The molecule has 0 spiro atoms. The number of carbonyl (C=O) groups excluding carboxylic acids is 1. The number of amides is 1. The van der Waals surface area contributed by atoms with Gasteiger partial charge >= 0.3 is 5.97 Å². The molecule has 0 unspecified atom stereocenters. The molecular weight excluding hydrogens is 258 g/mol. The van der Waals surface area contributed by atoms with Crippen molar-refractivity contribution in [1.82, 2.24) is 0 Å². The Morgan fingerprint density at radius 1 is 1.62 bits per heavy atom. The van der Waals surface area contributed by atoms with Gasteiger partial charge in [0.25, 0.3) is 0 Å². The van der Waals surface area contributed by atoms with E-state index in [4.69, 9.17) is 5.11 Å². The van der Waals surface area contributed by atoms with Crippen molar-refractivity contribution in [3.05, 3.63) is 17.0 Å². The molecule has 4 nitrogen and oxygen atoms in total. The highest BCUT2D eigenvalue weighted by Gasteiger charge is 2.12. The molecule has 0 atom stereocenters. The van der Waals surface area contributed by atoms with Crippen LogP contribution in [-0.4, -0.2) is 22.3 Å². The van der Waals surface area contributed by atoms with Crippen LogP contribution in [0, 0.1) is 0 Å². The molecule has 0 aromatic carbocycles. The van der Waals surface area contributed by atoms with Crippen LogP contribution in [0.15, 0.2) is 11.4 Å². The summed E-state index contributed by atoms with van der Waals surface area (Å²) < 4.78 is 0. The molecule has 0 aliphatic heterocycles. The Kier molecular flexibility index (Phi) is 3.44. The Balaban J connectivity index is 2.82. The summed E-state index contributed by atoms with van der Waals surface area (Å²) >= 11 is 4.16. The van der Waals surface area contributed by atoms with Crippen molar-refractivity contribution in [2.75, 3.05) is 10.6 Å². The second-order valence-electron chi connectivity index (χ2n) is 2.15. The molecule has 0 aliphatic rings. The van der Waals surface area contributed by atoms with E-state index >= 15 is 0 Å². The van der Waals surface area contributed by atoms with Crippen LogP contribution >= 0.6 is 27.3 Å². The van der Waals surface area contributed by atoms with Crippen molar-refractivity contribution >= 4 is 44.1 Å². The summed E-state index contributed by atoms with van der Waals surface area (Å²) in [6, 6.07) is 1.46. The van der Waals surface area contributed by atoms with Gasteiger partial charge in [0.15, 0.2) is 0 Å². The third kappa shape index (κ3) is 2.53.